The second-order valence-electron chi connectivity index (χ2n) is 6.10. The molecule has 20 heavy (non-hydrogen) atoms. The highest BCUT2D eigenvalue weighted by molar-refractivity contribution is 5.86. The van der Waals surface area contributed by atoms with Gasteiger partial charge >= 0.3 is 5.97 Å². The van der Waals surface area contributed by atoms with E-state index in [1.54, 1.807) is 6.92 Å². The van der Waals surface area contributed by atoms with Crippen LogP contribution in [-0.2, 0) is 9.53 Å². The molecule has 0 spiro atoms. The molecule has 0 radical (unpaired) electrons. The van der Waals surface area contributed by atoms with Crippen molar-refractivity contribution in [2.75, 3.05) is 6.61 Å². The predicted molar refractivity (Wildman–Crippen MR) is 86.8 cm³/mol. The lowest BCUT2D eigenvalue weighted by Gasteiger charge is -2.11. The molecule has 118 valence electrons. The lowest BCUT2D eigenvalue weighted by atomic mass is 10.0. The Hall–Kier alpha value is -0.790. The summed E-state index contributed by atoms with van der Waals surface area (Å²) in [4.78, 5) is 11.2. The quantitative estimate of drug-likeness (QED) is 0.247. The minimum absolute atomic E-state index is 0.260. The molecule has 0 aliphatic rings. The van der Waals surface area contributed by atoms with Gasteiger partial charge in [0.1, 0.15) is 0 Å². The number of esters is 1. The Morgan fingerprint density at radius 2 is 1.50 bits per heavy atom. The number of hydrogen-bond acceptors (Lipinski definition) is 2. The molecule has 0 rings (SSSR count). The third kappa shape index (κ3) is 12.3. The summed E-state index contributed by atoms with van der Waals surface area (Å²) in [7, 11) is 0. The molecule has 0 saturated carbocycles. The summed E-state index contributed by atoms with van der Waals surface area (Å²) in [6, 6.07) is 0. The molecule has 0 N–H and O–H groups in total. The van der Waals surface area contributed by atoms with E-state index in [2.05, 4.69) is 20.4 Å². The summed E-state index contributed by atoms with van der Waals surface area (Å²) in [6.07, 6.45) is 13.4. The number of rotatable bonds is 13. The van der Waals surface area contributed by atoms with Crippen LogP contribution in [0.25, 0.3) is 0 Å². The Bertz CT molecular complexity index is 258. The second-order valence-corrected chi connectivity index (χ2v) is 6.10. The maximum absolute atomic E-state index is 11.2. The van der Waals surface area contributed by atoms with Crippen LogP contribution in [0.2, 0.25) is 0 Å². The van der Waals surface area contributed by atoms with Crippen LogP contribution in [0.1, 0.15) is 85.0 Å². The number of ether oxygens (including phenoxy) is 1. The van der Waals surface area contributed by atoms with E-state index in [1.165, 1.54) is 57.8 Å². The third-order valence-electron chi connectivity index (χ3n) is 3.65. The molecule has 0 aromatic carbocycles. The van der Waals surface area contributed by atoms with Crippen LogP contribution in [0.15, 0.2) is 12.2 Å². The first kappa shape index (κ1) is 19.2. The van der Waals surface area contributed by atoms with E-state index >= 15 is 0 Å². The van der Waals surface area contributed by atoms with Gasteiger partial charge in [0.25, 0.3) is 0 Å². The number of carbonyl (C=O) groups excluding carboxylic acids is 1. The Morgan fingerprint density at radius 1 is 1.00 bits per heavy atom. The molecule has 0 aromatic rings. The monoisotopic (exact) mass is 282 g/mol. The van der Waals surface area contributed by atoms with Gasteiger partial charge in [-0.1, -0.05) is 78.2 Å². The smallest absolute Gasteiger partial charge is 0.333 e. The summed E-state index contributed by atoms with van der Waals surface area (Å²) in [5.41, 5.74) is 0.486. The van der Waals surface area contributed by atoms with Gasteiger partial charge in [-0.05, 0) is 19.3 Å². The topological polar surface area (TPSA) is 26.3 Å². The average molecular weight is 282 g/mol. The highest BCUT2D eigenvalue weighted by Gasteiger charge is 2.07. The standard InChI is InChI=1S/C18H34O2/c1-5-6-7-8-9-10-11-12-13-14-17(4)15-20-18(19)16(2)3/h17H,2,5-15H2,1,3-4H3. The summed E-state index contributed by atoms with van der Waals surface area (Å²) in [6.45, 7) is 10.2. The van der Waals surface area contributed by atoms with E-state index in [1.807, 2.05) is 0 Å². The largest absolute Gasteiger partial charge is 0.462 e. The zero-order valence-electron chi connectivity index (χ0n) is 13.9. The molecular weight excluding hydrogens is 248 g/mol. The van der Waals surface area contributed by atoms with E-state index < -0.39 is 0 Å². The fourth-order valence-corrected chi connectivity index (χ4v) is 2.23. The molecule has 0 heterocycles. The van der Waals surface area contributed by atoms with Crippen LogP contribution in [0, 0.1) is 5.92 Å². The predicted octanol–water partition coefficient (Wildman–Crippen LogP) is 5.66. The van der Waals surface area contributed by atoms with Crippen molar-refractivity contribution in [2.45, 2.75) is 85.0 Å². The van der Waals surface area contributed by atoms with Crippen molar-refractivity contribution in [3.8, 4) is 0 Å². The molecule has 0 aliphatic carbocycles. The first-order valence-electron chi connectivity index (χ1n) is 8.40. The lowest BCUT2D eigenvalue weighted by Crippen LogP contribution is -2.12. The molecule has 2 nitrogen and oxygen atoms in total. The molecule has 0 aromatic heterocycles. The van der Waals surface area contributed by atoms with E-state index in [9.17, 15) is 4.79 Å². The van der Waals surface area contributed by atoms with E-state index in [4.69, 9.17) is 4.74 Å². The van der Waals surface area contributed by atoms with Crippen LogP contribution in [0.5, 0.6) is 0 Å². The minimum atomic E-state index is -0.260. The van der Waals surface area contributed by atoms with Gasteiger partial charge in [0.15, 0.2) is 0 Å². The highest BCUT2D eigenvalue weighted by atomic mass is 16.5. The van der Waals surface area contributed by atoms with Gasteiger partial charge in [0.05, 0.1) is 6.61 Å². The maximum Gasteiger partial charge on any atom is 0.333 e. The normalized spacial score (nSPS) is 12.2. The second kappa shape index (κ2) is 13.2. The maximum atomic E-state index is 11.2. The molecule has 1 atom stereocenters. The molecule has 0 saturated heterocycles. The van der Waals surface area contributed by atoms with Crippen molar-refractivity contribution >= 4 is 5.97 Å². The molecular formula is C18H34O2. The Morgan fingerprint density at radius 3 is 2.00 bits per heavy atom. The van der Waals surface area contributed by atoms with Crippen molar-refractivity contribution in [1.82, 2.24) is 0 Å². The zero-order chi connectivity index (χ0) is 15.2. The van der Waals surface area contributed by atoms with E-state index in [0.717, 1.165) is 6.42 Å². The van der Waals surface area contributed by atoms with Crippen molar-refractivity contribution in [1.29, 1.82) is 0 Å². The van der Waals surface area contributed by atoms with Gasteiger partial charge in [-0.3, -0.25) is 0 Å². The molecule has 0 bridgehead atoms. The Labute approximate surface area is 126 Å². The zero-order valence-corrected chi connectivity index (χ0v) is 13.9. The molecule has 0 aliphatic heterocycles. The van der Waals surface area contributed by atoms with Crippen LogP contribution in [0.4, 0.5) is 0 Å². The number of carbonyl (C=O) groups is 1. The van der Waals surface area contributed by atoms with E-state index in [0.29, 0.717) is 18.1 Å². The van der Waals surface area contributed by atoms with Crippen LogP contribution < -0.4 is 0 Å². The fourth-order valence-electron chi connectivity index (χ4n) is 2.23. The summed E-state index contributed by atoms with van der Waals surface area (Å²) >= 11 is 0. The first-order valence-corrected chi connectivity index (χ1v) is 8.40. The van der Waals surface area contributed by atoms with Gasteiger partial charge < -0.3 is 4.74 Å². The Balaban J connectivity index is 3.29. The molecule has 2 heteroatoms. The minimum Gasteiger partial charge on any atom is -0.462 e. The van der Waals surface area contributed by atoms with Crippen molar-refractivity contribution in [3.05, 3.63) is 12.2 Å². The van der Waals surface area contributed by atoms with Gasteiger partial charge in [-0.25, -0.2) is 4.79 Å². The van der Waals surface area contributed by atoms with Crippen LogP contribution in [0.3, 0.4) is 0 Å². The molecule has 0 amide bonds. The number of unbranched alkanes of at least 4 members (excludes halogenated alkanes) is 8. The first-order chi connectivity index (χ1) is 9.57. The van der Waals surface area contributed by atoms with Crippen LogP contribution in [-0.4, -0.2) is 12.6 Å². The fraction of sp³-hybridized carbons (Fsp3) is 0.833. The Kier molecular flexibility index (Phi) is 12.7. The number of hydrogen-bond donors (Lipinski definition) is 0. The lowest BCUT2D eigenvalue weighted by molar-refractivity contribution is -0.140. The van der Waals surface area contributed by atoms with Gasteiger partial charge in [0, 0.05) is 5.57 Å². The van der Waals surface area contributed by atoms with E-state index in [-0.39, 0.29) is 5.97 Å². The van der Waals surface area contributed by atoms with Gasteiger partial charge in [0.2, 0.25) is 0 Å². The SMILES string of the molecule is C=C(C)C(=O)OCC(C)CCCCCCCCCCC. The third-order valence-corrected chi connectivity index (χ3v) is 3.65. The van der Waals surface area contributed by atoms with Crippen molar-refractivity contribution in [2.24, 2.45) is 5.92 Å². The molecule has 1 unspecified atom stereocenters. The van der Waals surface area contributed by atoms with Crippen molar-refractivity contribution < 1.29 is 9.53 Å². The summed E-state index contributed by atoms with van der Waals surface area (Å²) in [5, 5.41) is 0. The summed E-state index contributed by atoms with van der Waals surface area (Å²) in [5.74, 6) is 0.201. The van der Waals surface area contributed by atoms with Gasteiger partial charge in [-0.15, -0.1) is 0 Å². The van der Waals surface area contributed by atoms with Crippen molar-refractivity contribution in [3.63, 3.8) is 0 Å². The van der Waals surface area contributed by atoms with Gasteiger partial charge in [-0.2, -0.15) is 0 Å². The summed E-state index contributed by atoms with van der Waals surface area (Å²) < 4.78 is 5.16. The van der Waals surface area contributed by atoms with Crippen LogP contribution >= 0.6 is 0 Å². The average Bonchev–Trinajstić information content (AvgIpc) is 2.42. The highest BCUT2D eigenvalue weighted by Crippen LogP contribution is 2.14. The molecule has 0 fully saturated rings.